The summed E-state index contributed by atoms with van der Waals surface area (Å²) in [6, 6.07) is 12.8. The van der Waals surface area contributed by atoms with Crippen LogP contribution in [0, 0.1) is 0 Å². The third-order valence-electron chi connectivity index (χ3n) is 4.76. The van der Waals surface area contributed by atoms with Gasteiger partial charge >= 0.3 is 0 Å². The average Bonchev–Trinajstić information content (AvgIpc) is 3.07. The van der Waals surface area contributed by atoms with Gasteiger partial charge in [-0.25, -0.2) is 0 Å². The maximum atomic E-state index is 13.2. The fraction of sp³-hybridized carbons (Fsp3) is 0.350. The Kier molecular flexibility index (Phi) is 5.55. The molecule has 2 aromatic rings. The first kappa shape index (κ1) is 18.1. The molecule has 0 spiro atoms. The zero-order valence-corrected chi connectivity index (χ0v) is 15.7. The Morgan fingerprint density at radius 1 is 1.12 bits per heavy atom. The molecule has 0 atom stereocenters. The Bertz CT molecular complexity index is 753. The minimum Gasteiger partial charge on any atom is -0.494 e. The average molecular weight is 378 g/mol. The van der Waals surface area contributed by atoms with Gasteiger partial charge in [0.15, 0.2) is 0 Å². The van der Waals surface area contributed by atoms with Crippen molar-refractivity contribution in [1.29, 1.82) is 0 Å². The molecular weight excluding hydrogens is 357 g/mol. The molecule has 25 heavy (non-hydrogen) atoms. The van der Waals surface area contributed by atoms with Crippen molar-refractivity contribution in [2.24, 2.45) is 0 Å². The zero-order valence-electron chi connectivity index (χ0n) is 14.1. The van der Waals surface area contributed by atoms with Crippen molar-refractivity contribution in [3.05, 3.63) is 58.1 Å². The Balaban J connectivity index is 1.86. The summed E-state index contributed by atoms with van der Waals surface area (Å²) in [6.45, 7) is 2.55. The first-order valence-corrected chi connectivity index (χ1v) is 9.30. The van der Waals surface area contributed by atoms with E-state index in [2.05, 4.69) is 5.32 Å². The number of amides is 1. The Morgan fingerprint density at radius 2 is 1.80 bits per heavy atom. The second-order valence-electron chi connectivity index (χ2n) is 6.32. The minimum atomic E-state index is -0.597. The first-order valence-electron chi connectivity index (χ1n) is 8.55. The number of benzene rings is 2. The Labute approximate surface area is 158 Å². The van der Waals surface area contributed by atoms with Crippen LogP contribution in [0.2, 0.25) is 10.0 Å². The van der Waals surface area contributed by atoms with Gasteiger partial charge in [0.05, 0.1) is 12.0 Å². The highest BCUT2D eigenvalue weighted by Crippen LogP contribution is 2.45. The molecule has 1 aliphatic rings. The summed E-state index contributed by atoms with van der Waals surface area (Å²) < 4.78 is 5.44. The molecule has 2 aromatic carbocycles. The number of rotatable bonds is 5. The normalized spacial score (nSPS) is 15.8. The molecule has 1 fully saturated rings. The third kappa shape index (κ3) is 3.78. The van der Waals surface area contributed by atoms with Gasteiger partial charge in [-0.2, -0.15) is 0 Å². The van der Waals surface area contributed by atoms with Crippen LogP contribution in [-0.4, -0.2) is 12.5 Å². The van der Waals surface area contributed by atoms with E-state index in [0.717, 1.165) is 42.7 Å². The smallest absolute Gasteiger partial charge is 0.235 e. The molecule has 132 valence electrons. The van der Waals surface area contributed by atoms with Crippen LogP contribution >= 0.6 is 23.2 Å². The highest BCUT2D eigenvalue weighted by Gasteiger charge is 2.44. The van der Waals surface area contributed by atoms with Gasteiger partial charge in [0.25, 0.3) is 0 Å². The molecule has 0 aromatic heterocycles. The summed E-state index contributed by atoms with van der Waals surface area (Å²) in [5, 5.41) is 4.18. The van der Waals surface area contributed by atoms with Crippen molar-refractivity contribution >= 4 is 34.8 Å². The maximum absolute atomic E-state index is 13.2. The van der Waals surface area contributed by atoms with Crippen molar-refractivity contribution in [1.82, 2.24) is 0 Å². The maximum Gasteiger partial charge on any atom is 0.235 e. The summed E-state index contributed by atoms with van der Waals surface area (Å²) >= 11 is 12.4. The molecule has 0 radical (unpaired) electrons. The van der Waals surface area contributed by atoms with E-state index in [0.29, 0.717) is 16.7 Å². The molecule has 0 aliphatic heterocycles. The molecule has 3 rings (SSSR count). The number of hydrogen-bond acceptors (Lipinski definition) is 2. The number of nitrogens with one attached hydrogen (secondary N) is 1. The lowest BCUT2D eigenvalue weighted by atomic mass is 9.78. The quantitative estimate of drug-likeness (QED) is 0.710. The third-order valence-corrected chi connectivity index (χ3v) is 5.31. The number of ether oxygens (including phenoxy) is 1. The van der Waals surface area contributed by atoms with Gasteiger partial charge in [0.2, 0.25) is 5.91 Å². The molecule has 1 amide bonds. The molecule has 3 nitrogen and oxygen atoms in total. The van der Waals surface area contributed by atoms with Crippen LogP contribution in [0.1, 0.15) is 38.2 Å². The lowest BCUT2D eigenvalue weighted by molar-refractivity contribution is -0.121. The molecule has 1 N–H and O–H groups in total. The van der Waals surface area contributed by atoms with Crippen LogP contribution in [0.4, 0.5) is 5.69 Å². The first-order chi connectivity index (χ1) is 12.0. The lowest BCUT2D eigenvalue weighted by Crippen LogP contribution is -2.38. The van der Waals surface area contributed by atoms with E-state index < -0.39 is 5.41 Å². The number of carbonyl (C=O) groups excluding carboxylic acids is 1. The molecule has 0 heterocycles. The Morgan fingerprint density at radius 3 is 2.40 bits per heavy atom. The van der Waals surface area contributed by atoms with E-state index in [9.17, 15) is 4.79 Å². The monoisotopic (exact) mass is 377 g/mol. The largest absolute Gasteiger partial charge is 0.494 e. The van der Waals surface area contributed by atoms with Gasteiger partial charge in [-0.05, 0) is 61.7 Å². The molecule has 5 heteroatoms. The van der Waals surface area contributed by atoms with Crippen LogP contribution in [-0.2, 0) is 10.2 Å². The standard InChI is InChI=1S/C20H21Cl2NO2/c1-2-25-16-8-6-15(7-9-16)23-19(24)20(11-3-4-12-20)17-10-5-14(21)13-18(17)22/h5-10,13H,2-4,11-12H2,1H3,(H,23,24). The van der Waals surface area contributed by atoms with E-state index in [1.807, 2.05) is 37.3 Å². The predicted molar refractivity (Wildman–Crippen MR) is 103 cm³/mol. The molecular formula is C20H21Cl2NO2. The van der Waals surface area contributed by atoms with Gasteiger partial charge in [0.1, 0.15) is 5.75 Å². The zero-order chi connectivity index (χ0) is 17.9. The van der Waals surface area contributed by atoms with E-state index >= 15 is 0 Å². The summed E-state index contributed by atoms with van der Waals surface area (Å²) in [6.07, 6.45) is 3.60. The van der Waals surface area contributed by atoms with Crippen LogP contribution in [0.3, 0.4) is 0 Å². The van der Waals surface area contributed by atoms with E-state index in [1.165, 1.54) is 0 Å². The van der Waals surface area contributed by atoms with Crippen molar-refractivity contribution in [2.75, 3.05) is 11.9 Å². The molecule has 1 saturated carbocycles. The molecule has 0 unspecified atom stereocenters. The number of anilines is 1. The highest BCUT2D eigenvalue weighted by atomic mass is 35.5. The molecule has 0 saturated heterocycles. The predicted octanol–water partition coefficient (Wildman–Crippen LogP) is 5.84. The van der Waals surface area contributed by atoms with Crippen LogP contribution in [0.5, 0.6) is 5.75 Å². The SMILES string of the molecule is CCOc1ccc(NC(=O)C2(c3ccc(Cl)cc3Cl)CCCC2)cc1. The van der Waals surface area contributed by atoms with Crippen LogP contribution in [0.15, 0.2) is 42.5 Å². The van der Waals surface area contributed by atoms with Crippen molar-refractivity contribution in [3.63, 3.8) is 0 Å². The van der Waals surface area contributed by atoms with Crippen molar-refractivity contribution in [3.8, 4) is 5.75 Å². The summed E-state index contributed by atoms with van der Waals surface area (Å²) in [7, 11) is 0. The topological polar surface area (TPSA) is 38.3 Å². The summed E-state index contributed by atoms with van der Waals surface area (Å²) in [5.74, 6) is 0.773. The van der Waals surface area contributed by atoms with Gasteiger partial charge < -0.3 is 10.1 Å². The molecule has 0 bridgehead atoms. The van der Waals surface area contributed by atoms with E-state index in [4.69, 9.17) is 27.9 Å². The van der Waals surface area contributed by atoms with Gasteiger partial charge in [-0.15, -0.1) is 0 Å². The van der Waals surface area contributed by atoms with Crippen molar-refractivity contribution < 1.29 is 9.53 Å². The minimum absolute atomic E-state index is 0.0154. The molecule has 1 aliphatic carbocycles. The van der Waals surface area contributed by atoms with Crippen molar-refractivity contribution in [2.45, 2.75) is 38.0 Å². The second-order valence-corrected chi connectivity index (χ2v) is 7.17. The van der Waals surface area contributed by atoms with Gasteiger partial charge in [-0.1, -0.05) is 42.1 Å². The van der Waals surface area contributed by atoms with Crippen LogP contribution in [0.25, 0.3) is 0 Å². The second kappa shape index (κ2) is 7.67. The lowest BCUT2D eigenvalue weighted by Gasteiger charge is -2.29. The van der Waals surface area contributed by atoms with Crippen LogP contribution < -0.4 is 10.1 Å². The summed E-state index contributed by atoms with van der Waals surface area (Å²) in [5.41, 5.74) is 1.02. The fourth-order valence-electron chi connectivity index (χ4n) is 3.53. The number of halogens is 2. The van der Waals surface area contributed by atoms with Gasteiger partial charge in [0, 0.05) is 15.7 Å². The summed E-state index contributed by atoms with van der Waals surface area (Å²) in [4.78, 5) is 13.2. The number of hydrogen-bond donors (Lipinski definition) is 1. The highest BCUT2D eigenvalue weighted by molar-refractivity contribution is 6.35. The van der Waals surface area contributed by atoms with Gasteiger partial charge in [-0.3, -0.25) is 4.79 Å². The van der Waals surface area contributed by atoms with E-state index in [1.54, 1.807) is 12.1 Å². The van der Waals surface area contributed by atoms with E-state index in [-0.39, 0.29) is 5.91 Å². The number of carbonyl (C=O) groups is 1. The Hall–Kier alpha value is -1.71. The fourth-order valence-corrected chi connectivity index (χ4v) is 4.12.